The van der Waals surface area contributed by atoms with Crippen molar-refractivity contribution >= 4 is 21.7 Å². The van der Waals surface area contributed by atoms with Gasteiger partial charge in [-0.05, 0) is 29.8 Å². The topological polar surface area (TPSA) is 119 Å². The molecule has 0 radical (unpaired) electrons. The molecule has 3 rings (SSSR count). The predicted octanol–water partition coefficient (Wildman–Crippen LogP) is 2.09. The van der Waals surface area contributed by atoms with Crippen molar-refractivity contribution in [2.45, 2.75) is 11.4 Å². The third kappa shape index (κ3) is 4.49. The quantitative estimate of drug-likeness (QED) is 0.631. The second-order valence-corrected chi connectivity index (χ2v) is 7.29. The van der Waals surface area contributed by atoms with E-state index in [9.17, 15) is 18.0 Å². The molecule has 1 amide bonds. The molecule has 0 saturated carbocycles. The maximum Gasteiger partial charge on any atom is 0.287 e. The Morgan fingerprint density at radius 2 is 1.52 bits per heavy atom. The van der Waals surface area contributed by atoms with Gasteiger partial charge < -0.3 is 9.73 Å². The molecule has 3 aromatic rings. The number of nitrogens with one attached hydrogen (secondary N) is 1. The lowest BCUT2D eigenvalue weighted by atomic mass is 10.1. The maximum atomic E-state index is 12.3. The fraction of sp³-hybridized carbons (Fsp3) is 0.0526. The first-order valence-electron chi connectivity index (χ1n) is 7.94. The Morgan fingerprint density at radius 3 is 2.15 bits per heavy atom. The van der Waals surface area contributed by atoms with Crippen molar-refractivity contribution in [3.05, 3.63) is 89.4 Å². The lowest BCUT2D eigenvalue weighted by Crippen LogP contribution is -2.22. The van der Waals surface area contributed by atoms with Gasteiger partial charge in [0.2, 0.25) is 15.8 Å². The number of carbonyl (C=O) groups excluding carboxylic acids is 2. The molecular weight excluding hydrogens is 368 g/mol. The van der Waals surface area contributed by atoms with E-state index in [4.69, 9.17) is 9.56 Å². The van der Waals surface area contributed by atoms with Crippen LogP contribution in [-0.2, 0) is 16.6 Å². The van der Waals surface area contributed by atoms with Gasteiger partial charge in [-0.25, -0.2) is 13.6 Å². The summed E-state index contributed by atoms with van der Waals surface area (Å²) in [6.45, 7) is 0.159. The van der Waals surface area contributed by atoms with E-state index >= 15 is 0 Å². The van der Waals surface area contributed by atoms with E-state index < -0.39 is 15.9 Å². The molecule has 7 nitrogen and oxygen atoms in total. The molecule has 0 spiro atoms. The Balaban J connectivity index is 1.64. The summed E-state index contributed by atoms with van der Waals surface area (Å²) in [7, 11) is -3.76. The summed E-state index contributed by atoms with van der Waals surface area (Å²) in [5.74, 6) is -0.717. The summed E-state index contributed by atoms with van der Waals surface area (Å²) in [5, 5.41) is 7.68. The van der Waals surface area contributed by atoms with Crippen LogP contribution in [0.2, 0.25) is 0 Å². The van der Waals surface area contributed by atoms with Crippen LogP contribution >= 0.6 is 0 Å². The van der Waals surface area contributed by atoms with Crippen LogP contribution in [0.5, 0.6) is 0 Å². The van der Waals surface area contributed by atoms with Gasteiger partial charge in [0.05, 0.1) is 4.90 Å². The second-order valence-electron chi connectivity index (χ2n) is 5.73. The highest BCUT2D eigenvalue weighted by molar-refractivity contribution is 7.89. The molecule has 138 valence electrons. The van der Waals surface area contributed by atoms with Crippen molar-refractivity contribution in [1.29, 1.82) is 0 Å². The van der Waals surface area contributed by atoms with E-state index in [1.165, 1.54) is 24.3 Å². The Morgan fingerprint density at radius 1 is 0.889 bits per heavy atom. The van der Waals surface area contributed by atoms with Crippen molar-refractivity contribution < 1.29 is 22.4 Å². The first kappa shape index (κ1) is 18.6. The predicted molar refractivity (Wildman–Crippen MR) is 97.6 cm³/mol. The van der Waals surface area contributed by atoms with Crippen LogP contribution in [-0.4, -0.2) is 20.1 Å². The minimum Gasteiger partial charge on any atom is -0.447 e. The lowest BCUT2D eigenvalue weighted by molar-refractivity contribution is 0.0917. The van der Waals surface area contributed by atoms with Gasteiger partial charge >= 0.3 is 0 Å². The number of ketones is 1. The van der Waals surface area contributed by atoms with E-state index in [0.29, 0.717) is 11.1 Å². The molecule has 0 aliphatic heterocycles. The van der Waals surface area contributed by atoms with Crippen LogP contribution in [0.1, 0.15) is 32.2 Å². The van der Waals surface area contributed by atoms with E-state index in [2.05, 4.69) is 5.32 Å². The number of amides is 1. The zero-order valence-electron chi connectivity index (χ0n) is 14.1. The second kappa shape index (κ2) is 7.56. The highest BCUT2D eigenvalue weighted by Crippen LogP contribution is 2.14. The lowest BCUT2D eigenvalue weighted by Gasteiger charge is -2.04. The molecule has 2 aromatic carbocycles. The molecule has 0 fully saturated rings. The molecule has 27 heavy (non-hydrogen) atoms. The average molecular weight is 384 g/mol. The van der Waals surface area contributed by atoms with Crippen LogP contribution in [0.4, 0.5) is 0 Å². The van der Waals surface area contributed by atoms with Gasteiger partial charge in [0.1, 0.15) is 0 Å². The number of benzene rings is 2. The smallest absolute Gasteiger partial charge is 0.287 e. The minimum absolute atomic E-state index is 0.00678. The van der Waals surface area contributed by atoms with E-state index in [1.807, 2.05) is 0 Å². The largest absolute Gasteiger partial charge is 0.447 e. The van der Waals surface area contributed by atoms with Gasteiger partial charge in [0, 0.05) is 12.1 Å². The Labute approximate surface area is 155 Å². The van der Waals surface area contributed by atoms with Gasteiger partial charge in [-0.3, -0.25) is 9.59 Å². The summed E-state index contributed by atoms with van der Waals surface area (Å²) in [6, 6.07) is 17.3. The molecule has 3 N–H and O–H groups in total. The van der Waals surface area contributed by atoms with Crippen molar-refractivity contribution in [3.8, 4) is 0 Å². The van der Waals surface area contributed by atoms with Gasteiger partial charge in [-0.15, -0.1) is 0 Å². The Kier molecular flexibility index (Phi) is 5.20. The maximum absolute atomic E-state index is 12.3. The number of primary sulfonamides is 1. The summed E-state index contributed by atoms with van der Waals surface area (Å²) in [4.78, 5) is 24.5. The molecular formula is C19H16N2O5S. The van der Waals surface area contributed by atoms with Crippen LogP contribution in [0.3, 0.4) is 0 Å². The van der Waals surface area contributed by atoms with Gasteiger partial charge in [0.15, 0.2) is 11.5 Å². The highest BCUT2D eigenvalue weighted by Gasteiger charge is 2.17. The summed E-state index contributed by atoms with van der Waals surface area (Å²) in [5.41, 5.74) is 1.15. The number of rotatable bonds is 6. The molecule has 0 aliphatic carbocycles. The minimum atomic E-state index is -3.76. The van der Waals surface area contributed by atoms with E-state index in [0.717, 1.165) is 0 Å². The monoisotopic (exact) mass is 384 g/mol. The fourth-order valence-corrected chi connectivity index (χ4v) is 2.90. The average Bonchev–Trinajstić information content (AvgIpc) is 3.16. The molecule has 8 heteroatoms. The number of nitrogens with two attached hydrogens (primary N) is 1. The molecule has 1 heterocycles. The molecule has 1 aromatic heterocycles. The number of hydrogen-bond acceptors (Lipinski definition) is 5. The van der Waals surface area contributed by atoms with Crippen molar-refractivity contribution in [3.63, 3.8) is 0 Å². The van der Waals surface area contributed by atoms with E-state index in [-0.39, 0.29) is 28.7 Å². The normalized spacial score (nSPS) is 11.1. The van der Waals surface area contributed by atoms with Gasteiger partial charge in [-0.2, -0.15) is 0 Å². The molecule has 0 bridgehead atoms. The summed E-state index contributed by atoms with van der Waals surface area (Å²) in [6.07, 6.45) is 0. The molecule has 0 saturated heterocycles. The summed E-state index contributed by atoms with van der Waals surface area (Å²) >= 11 is 0. The number of sulfonamides is 1. The number of carbonyl (C=O) groups is 2. The van der Waals surface area contributed by atoms with Crippen LogP contribution in [0.15, 0.2) is 76.0 Å². The zero-order valence-corrected chi connectivity index (χ0v) is 14.9. The Bertz CT molecular complexity index is 1070. The number of hydrogen-bond donors (Lipinski definition) is 2. The van der Waals surface area contributed by atoms with Gasteiger partial charge in [-0.1, -0.05) is 42.5 Å². The fourth-order valence-electron chi connectivity index (χ4n) is 2.38. The van der Waals surface area contributed by atoms with Crippen molar-refractivity contribution in [2.24, 2.45) is 5.14 Å². The number of furan rings is 1. The van der Waals surface area contributed by atoms with Gasteiger partial charge in [0.25, 0.3) is 5.91 Å². The molecule has 0 atom stereocenters. The van der Waals surface area contributed by atoms with E-state index in [1.54, 1.807) is 42.5 Å². The third-order valence-corrected chi connectivity index (χ3v) is 4.72. The van der Waals surface area contributed by atoms with Crippen LogP contribution in [0, 0.1) is 0 Å². The Hall–Kier alpha value is -3.23. The SMILES string of the molecule is NS(=O)(=O)c1ccc(CNC(=O)c2ccc(C(=O)c3ccccc3)o2)cc1. The van der Waals surface area contributed by atoms with Crippen molar-refractivity contribution in [2.75, 3.05) is 0 Å². The van der Waals surface area contributed by atoms with Crippen molar-refractivity contribution in [1.82, 2.24) is 5.32 Å². The first-order chi connectivity index (χ1) is 12.8. The third-order valence-electron chi connectivity index (χ3n) is 3.79. The highest BCUT2D eigenvalue weighted by atomic mass is 32.2. The van der Waals surface area contributed by atoms with Crippen LogP contribution < -0.4 is 10.5 Å². The van der Waals surface area contributed by atoms with Crippen LogP contribution in [0.25, 0.3) is 0 Å². The summed E-state index contributed by atoms with van der Waals surface area (Å²) < 4.78 is 27.8. The standard InChI is InChI=1S/C19H16N2O5S/c20-27(24,25)15-8-6-13(7-9-15)12-21-19(23)17-11-10-16(26-17)18(22)14-4-2-1-3-5-14/h1-11H,12H2,(H,21,23)(H2,20,24,25). The molecule has 0 aliphatic rings. The molecule has 0 unspecified atom stereocenters. The zero-order chi connectivity index (χ0) is 19.4. The first-order valence-corrected chi connectivity index (χ1v) is 9.49.